The van der Waals surface area contributed by atoms with Gasteiger partial charge in [0, 0.05) is 18.9 Å². The minimum atomic E-state index is -0.181. The molecule has 0 aromatic carbocycles. The normalized spacial score (nSPS) is 9.88. The second-order valence-corrected chi connectivity index (χ2v) is 5.36. The van der Waals surface area contributed by atoms with E-state index in [0.29, 0.717) is 17.0 Å². The Labute approximate surface area is 109 Å². The van der Waals surface area contributed by atoms with E-state index in [1.54, 1.807) is 23.2 Å². The second kappa shape index (κ2) is 8.12. The van der Waals surface area contributed by atoms with Crippen molar-refractivity contribution in [3.63, 3.8) is 0 Å². The van der Waals surface area contributed by atoms with Gasteiger partial charge in [-0.15, -0.1) is 11.3 Å². The van der Waals surface area contributed by atoms with E-state index in [1.807, 2.05) is 6.07 Å². The summed E-state index contributed by atoms with van der Waals surface area (Å²) in [6.07, 6.45) is 0.780. The molecule has 2 N–H and O–H groups in total. The van der Waals surface area contributed by atoms with Crippen LogP contribution >= 0.6 is 23.1 Å². The summed E-state index contributed by atoms with van der Waals surface area (Å²) in [4.78, 5) is 12.2. The third-order valence-electron chi connectivity index (χ3n) is 1.97. The fourth-order valence-electron chi connectivity index (χ4n) is 1.16. The van der Waals surface area contributed by atoms with Gasteiger partial charge < -0.3 is 10.4 Å². The lowest BCUT2D eigenvalue weighted by Gasteiger charge is -2.03. The molecule has 17 heavy (non-hydrogen) atoms. The first-order valence-corrected chi connectivity index (χ1v) is 7.27. The number of hydrogen-bond acceptors (Lipinski definition) is 5. The molecule has 0 aliphatic rings. The molecule has 1 amide bonds. The number of hydrogen-bond donors (Lipinski definition) is 2. The molecule has 1 heterocycles. The predicted octanol–water partition coefficient (Wildman–Crippen LogP) is 1.47. The van der Waals surface area contributed by atoms with Gasteiger partial charge in [0.15, 0.2) is 0 Å². The Morgan fingerprint density at radius 3 is 3.12 bits per heavy atom. The lowest BCUT2D eigenvalue weighted by atomic mass is 10.3. The van der Waals surface area contributed by atoms with Crippen LogP contribution in [0.3, 0.4) is 0 Å². The lowest BCUT2D eigenvalue weighted by molar-refractivity contribution is 0.0960. The highest BCUT2D eigenvalue weighted by Gasteiger charge is 2.11. The molecular weight excluding hydrogens is 256 g/mol. The monoisotopic (exact) mass is 270 g/mol. The van der Waals surface area contributed by atoms with Crippen LogP contribution in [-0.4, -0.2) is 35.7 Å². The smallest absolute Gasteiger partial charge is 0.262 e. The van der Waals surface area contributed by atoms with Crippen LogP contribution in [0.25, 0.3) is 0 Å². The maximum Gasteiger partial charge on any atom is 0.262 e. The van der Waals surface area contributed by atoms with Gasteiger partial charge in [-0.25, -0.2) is 0 Å². The summed E-state index contributed by atoms with van der Waals surface area (Å²) in [5.41, 5.74) is 0.431. The Balaban J connectivity index is 2.24. The van der Waals surface area contributed by atoms with E-state index in [1.165, 1.54) is 11.3 Å². The number of aliphatic hydroxyl groups excluding tert-OH is 1. The van der Waals surface area contributed by atoms with Crippen molar-refractivity contribution in [3.05, 3.63) is 21.9 Å². The lowest BCUT2D eigenvalue weighted by Crippen LogP contribution is -2.25. The van der Waals surface area contributed by atoms with E-state index in [4.69, 9.17) is 10.4 Å². The van der Waals surface area contributed by atoms with Crippen molar-refractivity contribution in [2.75, 3.05) is 24.7 Å². The van der Waals surface area contributed by atoms with Gasteiger partial charge in [-0.2, -0.15) is 17.0 Å². The van der Waals surface area contributed by atoms with Gasteiger partial charge in [0.2, 0.25) is 0 Å². The third-order valence-corrected chi connectivity index (χ3v) is 3.95. The minimum Gasteiger partial charge on any atom is -0.396 e. The molecule has 6 heteroatoms. The average molecular weight is 270 g/mol. The van der Waals surface area contributed by atoms with Gasteiger partial charge in [-0.1, -0.05) is 0 Å². The van der Waals surface area contributed by atoms with E-state index < -0.39 is 0 Å². The predicted molar refractivity (Wildman–Crippen MR) is 70.4 cm³/mol. The molecular formula is C11H14N2O2S2. The van der Waals surface area contributed by atoms with Gasteiger partial charge in [0.25, 0.3) is 5.91 Å². The van der Waals surface area contributed by atoms with Crippen LogP contribution in [0.15, 0.2) is 11.4 Å². The molecule has 0 bridgehead atoms. The van der Waals surface area contributed by atoms with Crippen molar-refractivity contribution in [1.29, 1.82) is 5.26 Å². The minimum absolute atomic E-state index is 0.181. The molecule has 0 radical (unpaired) electrons. The van der Waals surface area contributed by atoms with Crippen LogP contribution in [0.5, 0.6) is 0 Å². The van der Waals surface area contributed by atoms with Gasteiger partial charge >= 0.3 is 0 Å². The number of carbonyl (C=O) groups excluding carboxylic acids is 1. The molecule has 4 nitrogen and oxygen atoms in total. The molecule has 92 valence electrons. The molecule has 0 atom stereocenters. The topological polar surface area (TPSA) is 73.1 Å². The number of rotatable bonds is 7. The summed E-state index contributed by atoms with van der Waals surface area (Å²) in [5.74, 6) is 1.53. The Bertz CT molecular complexity index is 398. The molecule has 0 spiro atoms. The summed E-state index contributed by atoms with van der Waals surface area (Å²) in [6, 6.07) is 3.64. The van der Waals surface area contributed by atoms with Crippen molar-refractivity contribution in [2.45, 2.75) is 6.42 Å². The molecule has 0 fully saturated rings. The van der Waals surface area contributed by atoms with Crippen LogP contribution in [0, 0.1) is 11.3 Å². The Morgan fingerprint density at radius 1 is 1.59 bits per heavy atom. The van der Waals surface area contributed by atoms with E-state index in [9.17, 15) is 4.79 Å². The molecule has 1 rings (SSSR count). The van der Waals surface area contributed by atoms with Crippen LogP contribution in [-0.2, 0) is 0 Å². The van der Waals surface area contributed by atoms with Crippen LogP contribution < -0.4 is 5.32 Å². The summed E-state index contributed by atoms with van der Waals surface area (Å²) in [5, 5.41) is 21.9. The third kappa shape index (κ3) is 4.77. The molecule has 0 saturated carbocycles. The Kier molecular flexibility index (Phi) is 6.70. The maximum atomic E-state index is 11.7. The zero-order valence-electron chi connectivity index (χ0n) is 9.31. The van der Waals surface area contributed by atoms with E-state index in [2.05, 4.69) is 5.32 Å². The molecule has 0 saturated heterocycles. The number of thiophene rings is 1. The highest BCUT2D eigenvalue weighted by atomic mass is 32.2. The quantitative estimate of drug-likeness (QED) is 0.736. The van der Waals surface area contributed by atoms with Gasteiger partial charge in [0.05, 0.1) is 5.56 Å². The fraction of sp³-hybridized carbons (Fsp3) is 0.455. The van der Waals surface area contributed by atoms with Gasteiger partial charge in [-0.05, 0) is 23.6 Å². The van der Waals surface area contributed by atoms with E-state index >= 15 is 0 Å². The average Bonchev–Trinajstić information content (AvgIpc) is 2.81. The molecule has 1 aromatic heterocycles. The molecule has 0 aliphatic carbocycles. The largest absolute Gasteiger partial charge is 0.396 e. The number of amides is 1. The van der Waals surface area contributed by atoms with Crippen LogP contribution in [0.4, 0.5) is 0 Å². The first-order chi connectivity index (χ1) is 8.29. The van der Waals surface area contributed by atoms with E-state index in [-0.39, 0.29) is 12.5 Å². The van der Waals surface area contributed by atoms with Crippen molar-refractivity contribution >= 4 is 29.0 Å². The summed E-state index contributed by atoms with van der Waals surface area (Å²) in [7, 11) is 0. The number of nitriles is 1. The van der Waals surface area contributed by atoms with Gasteiger partial charge in [0.1, 0.15) is 10.9 Å². The highest BCUT2D eigenvalue weighted by Crippen LogP contribution is 2.15. The zero-order chi connectivity index (χ0) is 12.5. The van der Waals surface area contributed by atoms with Crippen molar-refractivity contribution in [2.24, 2.45) is 0 Å². The first-order valence-electron chi connectivity index (χ1n) is 5.24. The zero-order valence-corrected chi connectivity index (χ0v) is 10.9. The number of nitrogens with zero attached hydrogens (tertiary/aromatic N) is 1. The summed E-state index contributed by atoms with van der Waals surface area (Å²) >= 11 is 2.97. The highest BCUT2D eigenvalue weighted by molar-refractivity contribution is 7.99. The van der Waals surface area contributed by atoms with Gasteiger partial charge in [-0.3, -0.25) is 4.79 Å². The summed E-state index contributed by atoms with van der Waals surface area (Å²) in [6.45, 7) is 0.789. The fourth-order valence-corrected chi connectivity index (χ4v) is 2.70. The SMILES string of the molecule is N#Cc1ccsc1C(=O)NCCSCCCO. The molecule has 0 aliphatic heterocycles. The number of thioether (sulfide) groups is 1. The number of nitrogens with one attached hydrogen (secondary N) is 1. The van der Waals surface area contributed by atoms with Crippen LogP contribution in [0.2, 0.25) is 0 Å². The Morgan fingerprint density at radius 2 is 2.41 bits per heavy atom. The van der Waals surface area contributed by atoms with Crippen LogP contribution in [0.1, 0.15) is 21.7 Å². The maximum absolute atomic E-state index is 11.7. The van der Waals surface area contributed by atoms with Crippen molar-refractivity contribution in [3.8, 4) is 6.07 Å². The number of aliphatic hydroxyl groups is 1. The summed E-state index contributed by atoms with van der Waals surface area (Å²) < 4.78 is 0. The number of carbonyl (C=O) groups is 1. The first kappa shape index (κ1) is 14.0. The van der Waals surface area contributed by atoms with Crippen molar-refractivity contribution in [1.82, 2.24) is 5.32 Å². The molecule has 0 unspecified atom stereocenters. The van der Waals surface area contributed by atoms with Crippen molar-refractivity contribution < 1.29 is 9.90 Å². The second-order valence-electron chi connectivity index (χ2n) is 3.22. The molecule has 1 aromatic rings. The standard InChI is InChI=1S/C11H14N2O2S2/c12-8-9-2-6-17-10(9)11(15)13-3-7-16-5-1-4-14/h2,6,14H,1,3-5,7H2,(H,13,15). The Hall–Kier alpha value is -1.03. The van der Waals surface area contributed by atoms with E-state index in [0.717, 1.165) is 17.9 Å².